The number of nitrogen functional groups attached to an aromatic ring is 1. The van der Waals surface area contributed by atoms with Gasteiger partial charge in [-0.25, -0.2) is 4.98 Å². The minimum atomic E-state index is 0.365. The standard InChI is InChI=1S/C21H27N5O2/c1-14-7-21-23-19(11-20(22)26(21)24-14)16-5-4-6-25(13-16)12-15-8-17(27-2)10-18(9-15)28-3/h7-11,16H,4-6,12-13,22H2,1-3H3/t16-/m1/s1. The Bertz CT molecular complexity index is 962. The van der Waals surface area contributed by atoms with Gasteiger partial charge in [0.2, 0.25) is 0 Å². The summed E-state index contributed by atoms with van der Waals surface area (Å²) < 4.78 is 12.5. The van der Waals surface area contributed by atoms with Crippen molar-refractivity contribution < 1.29 is 9.47 Å². The van der Waals surface area contributed by atoms with Crippen LogP contribution in [0.25, 0.3) is 5.65 Å². The van der Waals surface area contributed by atoms with E-state index in [1.807, 2.05) is 25.1 Å². The normalized spacial score (nSPS) is 17.8. The van der Waals surface area contributed by atoms with Crippen LogP contribution in [0.3, 0.4) is 0 Å². The number of hydrogen-bond donors (Lipinski definition) is 1. The molecule has 0 saturated carbocycles. The van der Waals surface area contributed by atoms with Gasteiger partial charge in [0.15, 0.2) is 5.65 Å². The Morgan fingerprint density at radius 1 is 1.11 bits per heavy atom. The molecule has 3 heterocycles. The Hall–Kier alpha value is -2.80. The first-order valence-corrected chi connectivity index (χ1v) is 9.63. The molecule has 1 fully saturated rings. The fraction of sp³-hybridized carbons (Fsp3) is 0.429. The monoisotopic (exact) mass is 381 g/mol. The molecule has 7 nitrogen and oxygen atoms in total. The summed E-state index contributed by atoms with van der Waals surface area (Å²) in [7, 11) is 3.36. The van der Waals surface area contributed by atoms with Crippen LogP contribution in [0, 0.1) is 6.92 Å². The second-order valence-corrected chi connectivity index (χ2v) is 7.46. The minimum Gasteiger partial charge on any atom is -0.497 e. The first-order valence-electron chi connectivity index (χ1n) is 9.63. The van der Waals surface area contributed by atoms with Crippen LogP contribution in [0.1, 0.15) is 35.7 Å². The summed E-state index contributed by atoms with van der Waals surface area (Å²) in [6.07, 6.45) is 2.25. The van der Waals surface area contributed by atoms with Crippen molar-refractivity contribution in [3.63, 3.8) is 0 Å². The molecule has 2 N–H and O–H groups in total. The smallest absolute Gasteiger partial charge is 0.157 e. The van der Waals surface area contributed by atoms with E-state index in [1.54, 1.807) is 18.7 Å². The van der Waals surface area contributed by atoms with E-state index in [4.69, 9.17) is 20.2 Å². The second-order valence-electron chi connectivity index (χ2n) is 7.46. The SMILES string of the molecule is COc1cc(CN2CCC[C@@H](c3cc(N)n4nc(C)cc4n3)C2)cc(OC)c1. The van der Waals surface area contributed by atoms with E-state index in [1.165, 1.54) is 5.56 Å². The lowest BCUT2D eigenvalue weighted by Crippen LogP contribution is -2.34. The summed E-state index contributed by atoms with van der Waals surface area (Å²) in [5.74, 6) is 2.64. The van der Waals surface area contributed by atoms with Crippen LogP contribution in [0.5, 0.6) is 11.5 Å². The molecule has 0 bridgehead atoms. The third-order valence-corrected chi connectivity index (χ3v) is 5.34. The zero-order valence-electron chi connectivity index (χ0n) is 16.7. The topological polar surface area (TPSA) is 77.9 Å². The van der Waals surface area contributed by atoms with Gasteiger partial charge in [0.1, 0.15) is 17.3 Å². The average molecular weight is 381 g/mol. The maximum Gasteiger partial charge on any atom is 0.157 e. The Morgan fingerprint density at radius 2 is 1.86 bits per heavy atom. The van der Waals surface area contributed by atoms with Crippen LogP contribution < -0.4 is 15.2 Å². The number of rotatable bonds is 5. The minimum absolute atomic E-state index is 0.365. The van der Waals surface area contributed by atoms with Crippen LogP contribution in [-0.2, 0) is 6.54 Å². The zero-order valence-corrected chi connectivity index (χ0v) is 16.7. The maximum atomic E-state index is 6.22. The number of aryl methyl sites for hydroxylation is 1. The van der Waals surface area contributed by atoms with E-state index in [0.29, 0.717) is 11.7 Å². The van der Waals surface area contributed by atoms with Gasteiger partial charge in [-0.15, -0.1) is 0 Å². The van der Waals surface area contributed by atoms with Gasteiger partial charge in [-0.2, -0.15) is 9.61 Å². The predicted octanol–water partition coefficient (Wildman–Crippen LogP) is 3.02. The summed E-state index contributed by atoms with van der Waals surface area (Å²) in [6.45, 7) is 4.83. The lowest BCUT2D eigenvalue weighted by Gasteiger charge is -2.32. The molecule has 1 atom stereocenters. The van der Waals surface area contributed by atoms with Crippen LogP contribution in [0.2, 0.25) is 0 Å². The Kier molecular flexibility index (Phi) is 5.09. The summed E-state index contributed by atoms with van der Waals surface area (Å²) in [5.41, 5.74) is 10.2. The lowest BCUT2D eigenvalue weighted by molar-refractivity contribution is 0.198. The third-order valence-electron chi connectivity index (χ3n) is 5.34. The molecule has 2 aromatic heterocycles. The number of benzene rings is 1. The number of nitrogens with two attached hydrogens (primary N) is 1. The zero-order chi connectivity index (χ0) is 19.7. The summed E-state index contributed by atoms with van der Waals surface area (Å²) in [5, 5.41) is 4.40. The number of likely N-dealkylation sites (tertiary alicyclic amines) is 1. The fourth-order valence-electron chi connectivity index (χ4n) is 4.00. The van der Waals surface area contributed by atoms with E-state index < -0.39 is 0 Å². The second kappa shape index (κ2) is 7.67. The predicted molar refractivity (Wildman–Crippen MR) is 109 cm³/mol. The van der Waals surface area contributed by atoms with Gasteiger partial charge in [-0.05, 0) is 44.0 Å². The number of ether oxygens (including phenoxy) is 2. The number of hydrogen-bond acceptors (Lipinski definition) is 6. The van der Waals surface area contributed by atoms with E-state index in [0.717, 1.165) is 61.0 Å². The van der Waals surface area contributed by atoms with Crippen molar-refractivity contribution in [2.75, 3.05) is 33.0 Å². The van der Waals surface area contributed by atoms with Crippen molar-refractivity contribution in [1.82, 2.24) is 19.5 Å². The van der Waals surface area contributed by atoms with E-state index in [2.05, 4.69) is 22.1 Å². The molecule has 3 aromatic rings. The molecule has 28 heavy (non-hydrogen) atoms. The number of nitrogens with zero attached hydrogens (tertiary/aromatic N) is 4. The highest BCUT2D eigenvalue weighted by Crippen LogP contribution is 2.30. The van der Waals surface area contributed by atoms with Crippen molar-refractivity contribution in [2.24, 2.45) is 0 Å². The molecule has 0 unspecified atom stereocenters. The maximum absolute atomic E-state index is 6.22. The molecular formula is C21H27N5O2. The van der Waals surface area contributed by atoms with Gasteiger partial charge in [0, 0.05) is 37.2 Å². The highest BCUT2D eigenvalue weighted by atomic mass is 16.5. The first-order chi connectivity index (χ1) is 13.6. The molecule has 1 saturated heterocycles. The van der Waals surface area contributed by atoms with Crippen molar-refractivity contribution in [1.29, 1.82) is 0 Å². The van der Waals surface area contributed by atoms with Crippen molar-refractivity contribution in [3.8, 4) is 11.5 Å². The van der Waals surface area contributed by atoms with E-state index in [-0.39, 0.29) is 0 Å². The molecule has 4 rings (SSSR count). The van der Waals surface area contributed by atoms with Crippen LogP contribution in [-0.4, -0.2) is 46.8 Å². The van der Waals surface area contributed by atoms with Crippen LogP contribution in [0.15, 0.2) is 30.3 Å². The quantitative estimate of drug-likeness (QED) is 0.732. The van der Waals surface area contributed by atoms with Gasteiger partial charge < -0.3 is 15.2 Å². The largest absolute Gasteiger partial charge is 0.497 e. The Balaban J connectivity index is 1.53. The molecule has 0 aliphatic carbocycles. The van der Waals surface area contributed by atoms with Crippen LogP contribution >= 0.6 is 0 Å². The van der Waals surface area contributed by atoms with Gasteiger partial charge >= 0.3 is 0 Å². The number of aromatic nitrogens is 3. The summed E-state index contributed by atoms with van der Waals surface area (Å²) in [4.78, 5) is 7.29. The summed E-state index contributed by atoms with van der Waals surface area (Å²) >= 11 is 0. The molecule has 1 aromatic carbocycles. The fourth-order valence-corrected chi connectivity index (χ4v) is 4.00. The summed E-state index contributed by atoms with van der Waals surface area (Å²) in [6, 6.07) is 10.00. The molecule has 1 aliphatic heterocycles. The Morgan fingerprint density at radius 3 is 2.57 bits per heavy atom. The lowest BCUT2D eigenvalue weighted by atomic mass is 9.94. The van der Waals surface area contributed by atoms with Crippen molar-refractivity contribution in [2.45, 2.75) is 32.2 Å². The molecule has 148 valence electrons. The highest BCUT2D eigenvalue weighted by molar-refractivity contribution is 5.48. The highest BCUT2D eigenvalue weighted by Gasteiger charge is 2.24. The number of fused-ring (bicyclic) bond motifs is 1. The first kappa shape index (κ1) is 18.6. The van der Waals surface area contributed by atoms with Crippen molar-refractivity contribution >= 4 is 11.5 Å². The third kappa shape index (κ3) is 3.75. The van der Waals surface area contributed by atoms with E-state index >= 15 is 0 Å². The molecular weight excluding hydrogens is 354 g/mol. The van der Waals surface area contributed by atoms with Gasteiger partial charge in [0.25, 0.3) is 0 Å². The number of anilines is 1. The number of piperidine rings is 1. The van der Waals surface area contributed by atoms with Gasteiger partial charge in [-0.1, -0.05) is 0 Å². The van der Waals surface area contributed by atoms with Gasteiger partial charge in [-0.3, -0.25) is 4.90 Å². The van der Waals surface area contributed by atoms with E-state index in [9.17, 15) is 0 Å². The van der Waals surface area contributed by atoms with Crippen LogP contribution in [0.4, 0.5) is 5.82 Å². The number of methoxy groups -OCH3 is 2. The molecule has 0 amide bonds. The Labute approximate surface area is 165 Å². The molecule has 7 heteroatoms. The molecule has 0 radical (unpaired) electrons. The van der Waals surface area contributed by atoms with Gasteiger partial charge in [0.05, 0.1) is 25.6 Å². The van der Waals surface area contributed by atoms with Crippen molar-refractivity contribution in [3.05, 3.63) is 47.3 Å². The molecule has 0 spiro atoms. The average Bonchev–Trinajstić information content (AvgIpc) is 3.08. The molecule has 1 aliphatic rings.